The van der Waals surface area contributed by atoms with Gasteiger partial charge in [-0.05, 0) is 76.2 Å². The Labute approximate surface area is 234 Å². The number of hydrogen-bond donors (Lipinski definition) is 1. The van der Waals surface area contributed by atoms with E-state index in [9.17, 15) is 0 Å². The number of benzene rings is 3. The zero-order valence-corrected chi connectivity index (χ0v) is 23.1. The van der Waals surface area contributed by atoms with Crippen molar-refractivity contribution in [3.8, 4) is 0 Å². The van der Waals surface area contributed by atoms with Crippen LogP contribution in [0.25, 0.3) is 11.3 Å². The number of imidazole rings is 2. The molecule has 11 heteroatoms. The van der Waals surface area contributed by atoms with Crippen LogP contribution in [0.1, 0.15) is 22.5 Å². The fraction of sp³-hybridized carbons (Fsp3) is 0.138. The van der Waals surface area contributed by atoms with Gasteiger partial charge in [0.05, 0.1) is 28.5 Å². The largest absolute Gasteiger partial charge is 0.278 e. The van der Waals surface area contributed by atoms with Crippen molar-refractivity contribution < 1.29 is 0 Å². The summed E-state index contributed by atoms with van der Waals surface area (Å²) in [5.74, 6) is 1.08. The molecule has 0 unspecified atom stereocenters. The van der Waals surface area contributed by atoms with Crippen molar-refractivity contribution in [3.05, 3.63) is 106 Å². The third kappa shape index (κ3) is 4.80. The lowest BCUT2D eigenvalue weighted by Crippen LogP contribution is -2.06. The summed E-state index contributed by atoms with van der Waals surface area (Å²) in [5, 5.41) is 24.0. The van der Waals surface area contributed by atoms with Gasteiger partial charge in [0.15, 0.2) is 28.3 Å². The maximum absolute atomic E-state index is 6.05. The fourth-order valence-corrected chi connectivity index (χ4v) is 4.34. The predicted molar refractivity (Wildman–Crippen MR) is 156 cm³/mol. The van der Waals surface area contributed by atoms with Crippen molar-refractivity contribution >= 4 is 51.6 Å². The molecule has 6 aromatic rings. The van der Waals surface area contributed by atoms with Gasteiger partial charge in [-0.25, -0.2) is 19.0 Å². The second-order valence-electron chi connectivity index (χ2n) is 9.46. The smallest absolute Gasteiger partial charge is 0.198 e. The van der Waals surface area contributed by atoms with E-state index in [1.54, 1.807) is 12.1 Å². The topological polar surface area (TPSA) is 108 Å². The average molecular weight is 549 g/mol. The third-order valence-electron chi connectivity index (χ3n) is 6.35. The van der Waals surface area contributed by atoms with Crippen LogP contribution in [0.4, 0.5) is 28.7 Å². The van der Waals surface area contributed by atoms with Crippen LogP contribution in [0.3, 0.4) is 0 Å². The number of halogens is 1. The lowest BCUT2D eigenvalue weighted by molar-refractivity contribution is 0.859. The zero-order valence-electron chi connectivity index (χ0n) is 22.3. The molecule has 0 aliphatic carbocycles. The first kappa shape index (κ1) is 25.3. The maximum Gasteiger partial charge on any atom is 0.198 e. The summed E-state index contributed by atoms with van der Waals surface area (Å²) in [6, 6.07) is 23.0. The highest BCUT2D eigenvalue weighted by Crippen LogP contribution is 2.29. The Morgan fingerprint density at radius 3 is 1.50 bits per heavy atom. The second-order valence-corrected chi connectivity index (χ2v) is 9.90. The molecule has 10 nitrogen and oxygen atoms in total. The predicted octanol–water partition coefficient (Wildman–Crippen LogP) is 8.07. The summed E-state index contributed by atoms with van der Waals surface area (Å²) in [6.45, 7) is 7.83. The molecule has 3 aromatic carbocycles. The normalized spacial score (nSPS) is 11.9. The summed E-state index contributed by atoms with van der Waals surface area (Å²) in [6.07, 6.45) is 0. The molecule has 3 heterocycles. The second kappa shape index (κ2) is 10.3. The van der Waals surface area contributed by atoms with Crippen LogP contribution in [-0.2, 0) is 0 Å². The molecule has 0 bridgehead atoms. The first-order valence-electron chi connectivity index (χ1n) is 12.6. The Morgan fingerprint density at radius 1 is 0.600 bits per heavy atom. The van der Waals surface area contributed by atoms with Gasteiger partial charge in [0, 0.05) is 5.02 Å². The molecule has 3 aromatic heterocycles. The van der Waals surface area contributed by atoms with Crippen molar-refractivity contribution in [2.45, 2.75) is 27.7 Å². The fourth-order valence-electron chi connectivity index (χ4n) is 4.21. The van der Waals surface area contributed by atoms with E-state index in [4.69, 9.17) is 21.6 Å². The number of nitrogens with one attached hydrogen (secondary N) is 1. The highest BCUT2D eigenvalue weighted by molar-refractivity contribution is 6.30. The van der Waals surface area contributed by atoms with E-state index in [-0.39, 0.29) is 0 Å². The van der Waals surface area contributed by atoms with Gasteiger partial charge < -0.3 is 0 Å². The molecule has 0 saturated heterocycles. The Morgan fingerprint density at radius 2 is 1.05 bits per heavy atom. The van der Waals surface area contributed by atoms with Crippen molar-refractivity contribution in [3.63, 3.8) is 0 Å². The number of aromatic nitrogens is 4. The SMILES string of the molecule is Cc1ccc(N=Nc2c(C)nc3c(=NNc4ccc(Cl)cc4)c4nc(C)c(N=Nc5ccc(C)cc5)n4n23)cc1. The number of anilines is 1. The van der Waals surface area contributed by atoms with E-state index in [1.807, 2.05) is 97.4 Å². The molecule has 40 heavy (non-hydrogen) atoms. The molecular weight excluding hydrogens is 524 g/mol. The van der Waals surface area contributed by atoms with Crippen molar-refractivity contribution in [1.82, 2.24) is 19.0 Å². The van der Waals surface area contributed by atoms with Gasteiger partial charge in [0.2, 0.25) is 0 Å². The summed E-state index contributed by atoms with van der Waals surface area (Å²) in [5.41, 5.74) is 10.1. The van der Waals surface area contributed by atoms with Crippen LogP contribution in [0, 0.1) is 27.7 Å². The molecule has 198 valence electrons. The number of aryl methyl sites for hydroxylation is 4. The van der Waals surface area contributed by atoms with E-state index in [0.717, 1.165) is 28.2 Å². The average Bonchev–Trinajstić information content (AvgIpc) is 3.53. The highest BCUT2D eigenvalue weighted by atomic mass is 35.5. The lowest BCUT2D eigenvalue weighted by Gasteiger charge is -1.99. The number of azo groups is 2. The van der Waals surface area contributed by atoms with E-state index in [1.165, 1.54) is 0 Å². The van der Waals surface area contributed by atoms with Crippen molar-refractivity contribution in [2.24, 2.45) is 25.6 Å². The van der Waals surface area contributed by atoms with Gasteiger partial charge in [-0.1, -0.05) is 47.0 Å². The minimum Gasteiger partial charge on any atom is -0.278 e. The van der Waals surface area contributed by atoms with E-state index in [2.05, 4.69) is 31.0 Å². The standard InChI is InChI=1S/C29H25ClN10/c1-17-5-11-22(12-6-17)34-37-26-19(3)31-28-25(36-33-24-15-9-21(30)10-16-24)29-32-20(4)27(40(29)39(26)28)38-35-23-13-7-18(2)8-14-23/h5-16,33H,1-4H3. The molecule has 0 aliphatic heterocycles. The molecular formula is C29H25ClN10. The monoisotopic (exact) mass is 548 g/mol. The quantitative estimate of drug-likeness (QED) is 0.168. The third-order valence-corrected chi connectivity index (χ3v) is 6.60. The van der Waals surface area contributed by atoms with Gasteiger partial charge in [-0.15, -0.1) is 20.5 Å². The number of hydrogen-bond acceptors (Lipinski definition) is 8. The van der Waals surface area contributed by atoms with Crippen LogP contribution < -0.4 is 10.8 Å². The Hall–Kier alpha value is -4.96. The van der Waals surface area contributed by atoms with Gasteiger partial charge in [-0.2, -0.15) is 5.10 Å². The van der Waals surface area contributed by atoms with Crippen LogP contribution >= 0.6 is 11.6 Å². The molecule has 1 N–H and O–H groups in total. The summed E-state index contributed by atoms with van der Waals surface area (Å²) < 4.78 is 3.66. The summed E-state index contributed by atoms with van der Waals surface area (Å²) in [7, 11) is 0. The van der Waals surface area contributed by atoms with E-state index in [0.29, 0.717) is 44.7 Å². The number of nitrogens with zero attached hydrogens (tertiary/aromatic N) is 9. The molecule has 0 amide bonds. The minimum absolute atomic E-state index is 0.537. The Balaban J connectivity index is 1.55. The Kier molecular flexibility index (Phi) is 6.53. The molecule has 0 atom stereocenters. The first-order valence-corrected chi connectivity index (χ1v) is 13.0. The van der Waals surface area contributed by atoms with E-state index < -0.39 is 0 Å². The van der Waals surface area contributed by atoms with E-state index >= 15 is 0 Å². The zero-order chi connectivity index (χ0) is 27.8. The molecule has 0 radical (unpaired) electrons. The van der Waals surface area contributed by atoms with Gasteiger partial charge in [0.1, 0.15) is 0 Å². The van der Waals surface area contributed by atoms with Gasteiger partial charge in [-0.3, -0.25) is 5.43 Å². The van der Waals surface area contributed by atoms with Crippen molar-refractivity contribution in [1.29, 1.82) is 0 Å². The molecule has 0 fully saturated rings. The van der Waals surface area contributed by atoms with Crippen LogP contribution in [0.2, 0.25) is 5.02 Å². The van der Waals surface area contributed by atoms with Crippen molar-refractivity contribution in [2.75, 3.05) is 5.43 Å². The summed E-state index contributed by atoms with van der Waals surface area (Å²) in [4.78, 5) is 9.59. The maximum atomic E-state index is 6.05. The Bertz CT molecular complexity index is 1830. The molecule has 0 saturated carbocycles. The number of rotatable bonds is 6. The van der Waals surface area contributed by atoms with Gasteiger partial charge >= 0.3 is 0 Å². The van der Waals surface area contributed by atoms with Gasteiger partial charge in [0.25, 0.3) is 0 Å². The highest BCUT2D eigenvalue weighted by Gasteiger charge is 2.23. The van der Waals surface area contributed by atoms with Crippen LogP contribution in [-0.4, -0.2) is 19.0 Å². The summed E-state index contributed by atoms with van der Waals surface area (Å²) >= 11 is 6.05. The number of fused-ring (bicyclic) bond motifs is 3. The van der Waals surface area contributed by atoms with Crippen LogP contribution in [0.5, 0.6) is 0 Å². The first-order chi connectivity index (χ1) is 19.4. The molecule has 0 aliphatic rings. The molecule has 0 spiro atoms. The lowest BCUT2D eigenvalue weighted by atomic mass is 10.2. The van der Waals surface area contributed by atoms with Crippen LogP contribution in [0.15, 0.2) is 98.4 Å². The molecule has 6 rings (SSSR count). The minimum atomic E-state index is 0.537.